The smallest absolute Gasteiger partial charge is 0.416 e. The van der Waals surface area contributed by atoms with E-state index in [4.69, 9.17) is 4.74 Å². The monoisotopic (exact) mass is 544 g/mol. The zero-order chi connectivity index (χ0) is 27.2. The molecule has 0 radical (unpaired) electrons. The average Bonchev–Trinajstić information content (AvgIpc) is 2.95. The molecule has 6 rings (SSSR count). The van der Waals surface area contributed by atoms with Crippen molar-refractivity contribution in [2.24, 2.45) is 0 Å². The molecule has 0 aliphatic carbocycles. The molecule has 5 aromatic rings. The van der Waals surface area contributed by atoms with Gasteiger partial charge in [0.25, 0.3) is 0 Å². The molecule has 0 amide bonds. The summed E-state index contributed by atoms with van der Waals surface area (Å²) < 4.78 is 74.2. The highest BCUT2D eigenvalue weighted by molar-refractivity contribution is 7.91. The van der Waals surface area contributed by atoms with Gasteiger partial charge in [0.2, 0.25) is 9.84 Å². The molecule has 39 heavy (non-hydrogen) atoms. The first kappa shape index (κ1) is 24.7. The lowest BCUT2D eigenvalue weighted by Crippen LogP contribution is -2.15. The summed E-state index contributed by atoms with van der Waals surface area (Å²) in [6, 6.07) is 30.4. The Morgan fingerprint density at radius 3 is 1.95 bits per heavy atom. The van der Waals surface area contributed by atoms with Crippen LogP contribution in [0.4, 0.5) is 30.2 Å². The maximum atomic E-state index is 13.9. The summed E-state index contributed by atoms with van der Waals surface area (Å²) in [6.07, 6.45) is -4.78. The van der Waals surface area contributed by atoms with E-state index in [1.807, 2.05) is 59.5 Å². The van der Waals surface area contributed by atoms with Gasteiger partial charge < -0.3 is 9.64 Å². The normalized spacial score (nSPS) is 12.8. The van der Waals surface area contributed by atoms with Crippen molar-refractivity contribution in [1.29, 1.82) is 0 Å². The van der Waals surface area contributed by atoms with E-state index in [0.717, 1.165) is 17.4 Å². The van der Waals surface area contributed by atoms with E-state index in [2.05, 4.69) is 4.98 Å². The predicted octanol–water partition coefficient (Wildman–Crippen LogP) is 8.18. The Balaban J connectivity index is 1.52. The van der Waals surface area contributed by atoms with Crippen molar-refractivity contribution in [1.82, 2.24) is 4.98 Å². The van der Waals surface area contributed by atoms with Gasteiger partial charge in [-0.3, -0.25) is 0 Å². The van der Waals surface area contributed by atoms with Gasteiger partial charge >= 0.3 is 6.18 Å². The maximum absolute atomic E-state index is 13.9. The van der Waals surface area contributed by atoms with Crippen molar-refractivity contribution in [3.05, 3.63) is 121 Å². The second-order valence-corrected chi connectivity index (χ2v) is 10.7. The molecule has 0 bridgehead atoms. The molecule has 1 aliphatic heterocycles. The number of hydrogen-bond acceptors (Lipinski definition) is 5. The third-order valence-corrected chi connectivity index (χ3v) is 7.94. The number of hydrogen-bond donors (Lipinski definition) is 0. The number of halogens is 3. The Morgan fingerprint density at radius 2 is 1.31 bits per heavy atom. The van der Waals surface area contributed by atoms with Gasteiger partial charge in [-0.1, -0.05) is 54.6 Å². The van der Waals surface area contributed by atoms with E-state index in [-0.39, 0.29) is 10.6 Å². The third-order valence-electron chi connectivity index (χ3n) is 6.29. The Morgan fingerprint density at radius 1 is 0.692 bits per heavy atom. The Hall–Kier alpha value is -4.63. The van der Waals surface area contributed by atoms with E-state index < -0.39 is 26.6 Å². The molecular weight excluding hydrogens is 525 g/mol. The van der Waals surface area contributed by atoms with Crippen molar-refractivity contribution in [3.63, 3.8) is 0 Å². The van der Waals surface area contributed by atoms with Crippen LogP contribution in [0.1, 0.15) is 5.56 Å². The minimum Gasteiger partial charge on any atom is -0.453 e. The quantitative estimate of drug-likeness (QED) is 0.224. The van der Waals surface area contributed by atoms with Crippen LogP contribution in [0.3, 0.4) is 0 Å². The molecule has 0 N–H and O–H groups in total. The number of nitrogens with zero attached hydrogens (tertiary/aromatic N) is 2. The molecule has 194 valence electrons. The van der Waals surface area contributed by atoms with Crippen LogP contribution >= 0.6 is 0 Å². The molecule has 0 atom stereocenters. The van der Waals surface area contributed by atoms with Gasteiger partial charge in [-0.15, -0.1) is 0 Å². The van der Waals surface area contributed by atoms with E-state index in [1.165, 1.54) is 24.3 Å². The molecule has 0 unspecified atom stereocenters. The molecule has 1 aliphatic rings. The number of para-hydroxylation sites is 4. The largest absolute Gasteiger partial charge is 0.453 e. The van der Waals surface area contributed by atoms with Crippen LogP contribution in [-0.4, -0.2) is 13.4 Å². The highest BCUT2D eigenvalue weighted by Gasteiger charge is 2.34. The Kier molecular flexibility index (Phi) is 5.88. The third kappa shape index (κ3) is 4.51. The lowest BCUT2D eigenvalue weighted by Gasteiger charge is -2.33. The van der Waals surface area contributed by atoms with Crippen LogP contribution in [0.5, 0.6) is 11.5 Å². The zero-order valence-electron chi connectivity index (χ0n) is 20.1. The average molecular weight is 545 g/mol. The Labute approximate surface area is 222 Å². The minimum atomic E-state index is -4.78. The first-order chi connectivity index (χ1) is 18.7. The molecule has 0 saturated carbocycles. The number of benzene rings is 4. The maximum Gasteiger partial charge on any atom is 0.416 e. The van der Waals surface area contributed by atoms with E-state index in [9.17, 15) is 21.6 Å². The first-order valence-corrected chi connectivity index (χ1v) is 13.4. The SMILES string of the molecule is O=S(=O)(c1ccccc1)c1cc(C(F)(F)F)cc(-c2cccc(N3c4ccccc4Oc4ccccc43)c2)n1. The van der Waals surface area contributed by atoms with Gasteiger partial charge in [0, 0.05) is 11.3 Å². The van der Waals surface area contributed by atoms with Crippen molar-refractivity contribution in [3.8, 4) is 22.8 Å². The summed E-state index contributed by atoms with van der Waals surface area (Å²) >= 11 is 0. The van der Waals surface area contributed by atoms with Gasteiger partial charge in [-0.2, -0.15) is 13.2 Å². The van der Waals surface area contributed by atoms with Gasteiger partial charge in [-0.05, 0) is 60.7 Å². The molecule has 0 fully saturated rings. The van der Waals surface area contributed by atoms with Crippen LogP contribution < -0.4 is 9.64 Å². The van der Waals surface area contributed by atoms with Crippen LogP contribution in [0.25, 0.3) is 11.3 Å². The van der Waals surface area contributed by atoms with Gasteiger partial charge in [0.05, 0.1) is 27.5 Å². The molecule has 0 saturated heterocycles. The van der Waals surface area contributed by atoms with Crippen LogP contribution in [-0.2, 0) is 16.0 Å². The number of anilines is 3. The van der Waals surface area contributed by atoms with E-state index in [0.29, 0.717) is 28.8 Å². The number of sulfone groups is 1. The first-order valence-electron chi connectivity index (χ1n) is 11.9. The summed E-state index contributed by atoms with van der Waals surface area (Å²) in [4.78, 5) is 6.01. The number of ether oxygens (including phenoxy) is 1. The van der Waals surface area contributed by atoms with Crippen molar-refractivity contribution in [2.75, 3.05) is 4.90 Å². The summed E-state index contributed by atoms with van der Waals surface area (Å²) in [5, 5.41) is -0.675. The summed E-state index contributed by atoms with van der Waals surface area (Å²) in [5.41, 5.74) is 1.24. The number of fused-ring (bicyclic) bond motifs is 2. The Bertz CT molecular complexity index is 1760. The van der Waals surface area contributed by atoms with Gasteiger partial charge in [0.1, 0.15) is 0 Å². The zero-order valence-corrected chi connectivity index (χ0v) is 20.9. The molecule has 2 heterocycles. The van der Waals surface area contributed by atoms with Gasteiger partial charge in [-0.25, -0.2) is 13.4 Å². The van der Waals surface area contributed by atoms with E-state index in [1.54, 1.807) is 24.3 Å². The highest BCUT2D eigenvalue weighted by atomic mass is 32.2. The summed E-state index contributed by atoms with van der Waals surface area (Å²) in [7, 11) is -4.30. The summed E-state index contributed by atoms with van der Waals surface area (Å²) in [6.45, 7) is 0. The van der Waals surface area contributed by atoms with Crippen molar-refractivity contribution in [2.45, 2.75) is 16.1 Å². The molecular formula is C30H19F3N2O3S. The number of rotatable bonds is 4. The molecule has 9 heteroatoms. The van der Waals surface area contributed by atoms with Crippen molar-refractivity contribution >= 4 is 26.9 Å². The van der Waals surface area contributed by atoms with Crippen molar-refractivity contribution < 1.29 is 26.3 Å². The lowest BCUT2D eigenvalue weighted by atomic mass is 10.1. The summed E-state index contributed by atoms with van der Waals surface area (Å²) in [5.74, 6) is 1.24. The fourth-order valence-corrected chi connectivity index (χ4v) is 5.72. The molecule has 5 nitrogen and oxygen atoms in total. The highest BCUT2D eigenvalue weighted by Crippen LogP contribution is 2.50. The predicted molar refractivity (Wildman–Crippen MR) is 141 cm³/mol. The second-order valence-electron chi connectivity index (χ2n) is 8.82. The van der Waals surface area contributed by atoms with E-state index >= 15 is 0 Å². The van der Waals surface area contributed by atoms with Crippen LogP contribution in [0.15, 0.2) is 125 Å². The second kappa shape index (κ2) is 9.28. The molecule has 1 aromatic heterocycles. The standard InChI is InChI=1S/C30H19F3N2O3S/c31-30(32,33)21-18-24(34-29(19-21)39(36,37)23-11-2-1-3-12-23)20-9-8-10-22(17-20)35-25-13-4-6-15-27(25)38-28-16-7-5-14-26(28)35/h1-19H. The number of alkyl halides is 3. The van der Waals surface area contributed by atoms with Crippen LogP contribution in [0, 0.1) is 0 Å². The minimum absolute atomic E-state index is 0.115. The molecule has 4 aromatic carbocycles. The van der Waals surface area contributed by atoms with Gasteiger partial charge in [0.15, 0.2) is 16.5 Å². The number of aromatic nitrogens is 1. The topological polar surface area (TPSA) is 59.5 Å². The molecule has 0 spiro atoms. The fourth-order valence-electron chi connectivity index (χ4n) is 4.46. The number of pyridine rings is 1. The van der Waals surface area contributed by atoms with Crippen LogP contribution in [0.2, 0.25) is 0 Å². The fraction of sp³-hybridized carbons (Fsp3) is 0.0333. The lowest BCUT2D eigenvalue weighted by molar-refractivity contribution is -0.137.